The van der Waals surface area contributed by atoms with E-state index in [1.807, 2.05) is 30.3 Å². The van der Waals surface area contributed by atoms with Gasteiger partial charge in [-0.1, -0.05) is 40.6 Å². The van der Waals surface area contributed by atoms with E-state index in [1.54, 1.807) is 13.0 Å². The van der Waals surface area contributed by atoms with Crippen molar-refractivity contribution in [2.45, 2.75) is 13.5 Å². The fourth-order valence-electron chi connectivity index (χ4n) is 1.79. The maximum Gasteiger partial charge on any atom is 0.329 e. The normalized spacial score (nSPS) is 10.4. The minimum absolute atomic E-state index is 0.0186. The van der Waals surface area contributed by atoms with Gasteiger partial charge in [0, 0.05) is 11.6 Å². The van der Waals surface area contributed by atoms with Crippen molar-refractivity contribution in [3.05, 3.63) is 47.9 Å². The Bertz CT molecular complexity index is 766. The van der Waals surface area contributed by atoms with Crippen molar-refractivity contribution in [2.24, 2.45) is 0 Å². The van der Waals surface area contributed by atoms with Crippen molar-refractivity contribution in [2.75, 3.05) is 5.32 Å². The first kappa shape index (κ1) is 13.8. The Balaban J connectivity index is 1.57. The number of anilines is 1. The number of hydrogen-bond donors (Lipinski definition) is 2. The van der Waals surface area contributed by atoms with Crippen molar-refractivity contribution in [3.8, 4) is 11.4 Å². The fraction of sp³-hybridized carbons (Fsp3) is 0.143. The number of nitrogens with one attached hydrogen (secondary N) is 2. The molecular formula is C14H13N5O3. The monoisotopic (exact) mass is 299 g/mol. The zero-order chi connectivity index (χ0) is 15.4. The Morgan fingerprint density at radius 1 is 1.18 bits per heavy atom. The second kappa shape index (κ2) is 6.08. The zero-order valence-electron chi connectivity index (χ0n) is 11.7. The third kappa shape index (κ3) is 3.29. The molecule has 1 aromatic carbocycles. The number of carbonyl (C=O) groups excluding carboxylic acids is 1. The second-order valence-electron chi connectivity index (χ2n) is 4.53. The minimum atomic E-state index is -0.475. The largest absolute Gasteiger partial charge is 0.359 e. The molecule has 22 heavy (non-hydrogen) atoms. The molecule has 0 atom stereocenters. The number of amides is 2. The van der Waals surface area contributed by atoms with E-state index in [9.17, 15) is 4.79 Å². The predicted molar refractivity (Wildman–Crippen MR) is 76.8 cm³/mol. The van der Waals surface area contributed by atoms with Crippen molar-refractivity contribution in [1.82, 2.24) is 20.6 Å². The van der Waals surface area contributed by atoms with Gasteiger partial charge in [0.2, 0.25) is 5.82 Å². The van der Waals surface area contributed by atoms with Gasteiger partial charge >= 0.3 is 12.0 Å². The number of rotatable bonds is 4. The lowest BCUT2D eigenvalue weighted by atomic mass is 10.2. The van der Waals surface area contributed by atoms with Gasteiger partial charge in [0.15, 0.2) is 5.76 Å². The van der Waals surface area contributed by atoms with Crippen LogP contribution in [-0.4, -0.2) is 21.3 Å². The molecule has 0 unspecified atom stereocenters. The van der Waals surface area contributed by atoms with Crippen LogP contribution >= 0.6 is 0 Å². The summed E-state index contributed by atoms with van der Waals surface area (Å²) in [6.07, 6.45) is 0. The molecule has 2 amide bonds. The smallest absolute Gasteiger partial charge is 0.329 e. The summed E-state index contributed by atoms with van der Waals surface area (Å²) in [5.74, 6) is 0.963. The molecule has 0 bridgehead atoms. The zero-order valence-corrected chi connectivity index (χ0v) is 11.7. The molecule has 8 heteroatoms. The molecule has 2 heterocycles. The molecule has 0 spiro atoms. The summed E-state index contributed by atoms with van der Waals surface area (Å²) >= 11 is 0. The van der Waals surface area contributed by atoms with Crippen LogP contribution in [0.5, 0.6) is 0 Å². The molecule has 3 rings (SSSR count). The fourth-order valence-corrected chi connectivity index (χ4v) is 1.79. The molecule has 112 valence electrons. The first-order valence-electron chi connectivity index (χ1n) is 6.57. The van der Waals surface area contributed by atoms with Gasteiger partial charge in [0.05, 0.1) is 12.2 Å². The summed E-state index contributed by atoms with van der Waals surface area (Å²) in [5.41, 5.74) is 1.55. The van der Waals surface area contributed by atoms with E-state index in [2.05, 4.69) is 25.9 Å². The maximum atomic E-state index is 11.7. The Morgan fingerprint density at radius 2 is 2.00 bits per heavy atom. The number of aromatic nitrogens is 3. The number of aryl methyl sites for hydroxylation is 1. The first-order valence-corrected chi connectivity index (χ1v) is 6.57. The Labute approximate surface area is 125 Å². The van der Waals surface area contributed by atoms with E-state index < -0.39 is 6.03 Å². The molecule has 0 saturated heterocycles. The molecule has 2 aromatic heterocycles. The molecule has 8 nitrogen and oxygen atoms in total. The molecule has 3 aromatic rings. The summed E-state index contributed by atoms with van der Waals surface area (Å²) in [7, 11) is 0. The number of nitrogens with zero attached hydrogens (tertiary/aromatic N) is 3. The number of benzene rings is 1. The Morgan fingerprint density at radius 3 is 2.73 bits per heavy atom. The van der Waals surface area contributed by atoms with Gasteiger partial charge in [-0.25, -0.2) is 4.79 Å². The molecule has 0 saturated carbocycles. The number of hydrogen-bond acceptors (Lipinski definition) is 6. The van der Waals surface area contributed by atoms with E-state index in [-0.39, 0.29) is 12.6 Å². The SMILES string of the molecule is Cc1cc(CNC(=O)Nc2nc(-c3ccccc3)no2)on1. The van der Waals surface area contributed by atoms with Crippen molar-refractivity contribution < 1.29 is 13.8 Å². The number of urea groups is 1. The van der Waals surface area contributed by atoms with E-state index in [0.29, 0.717) is 11.6 Å². The summed E-state index contributed by atoms with van der Waals surface area (Å²) < 4.78 is 9.96. The van der Waals surface area contributed by atoms with Crippen molar-refractivity contribution >= 4 is 12.0 Å². The Hall–Kier alpha value is -3.16. The van der Waals surface area contributed by atoms with E-state index in [4.69, 9.17) is 9.05 Å². The summed E-state index contributed by atoms with van der Waals surface area (Å²) in [6, 6.07) is 10.6. The third-order valence-electron chi connectivity index (χ3n) is 2.78. The van der Waals surface area contributed by atoms with Crippen LogP contribution in [0, 0.1) is 6.92 Å². The summed E-state index contributed by atoms with van der Waals surface area (Å²) in [5, 5.41) is 12.6. The van der Waals surface area contributed by atoms with Gasteiger partial charge in [-0.2, -0.15) is 4.98 Å². The van der Waals surface area contributed by atoms with Crippen LogP contribution in [0.1, 0.15) is 11.5 Å². The highest BCUT2D eigenvalue weighted by atomic mass is 16.5. The lowest BCUT2D eigenvalue weighted by Crippen LogP contribution is -2.28. The van der Waals surface area contributed by atoms with Gasteiger partial charge in [-0.05, 0) is 6.92 Å². The van der Waals surface area contributed by atoms with Gasteiger partial charge in [-0.3, -0.25) is 5.32 Å². The van der Waals surface area contributed by atoms with Gasteiger partial charge in [0.25, 0.3) is 0 Å². The first-order chi connectivity index (χ1) is 10.7. The maximum absolute atomic E-state index is 11.7. The molecule has 0 aliphatic rings. The minimum Gasteiger partial charge on any atom is -0.359 e. The quantitative estimate of drug-likeness (QED) is 0.766. The van der Waals surface area contributed by atoms with Gasteiger partial charge in [0.1, 0.15) is 0 Å². The lowest BCUT2D eigenvalue weighted by Gasteiger charge is -2.01. The van der Waals surface area contributed by atoms with Gasteiger partial charge < -0.3 is 14.4 Å². The molecule has 0 fully saturated rings. The summed E-state index contributed by atoms with van der Waals surface area (Å²) in [4.78, 5) is 15.8. The molecular weight excluding hydrogens is 286 g/mol. The highest BCUT2D eigenvalue weighted by Crippen LogP contribution is 2.16. The highest BCUT2D eigenvalue weighted by Gasteiger charge is 2.11. The van der Waals surface area contributed by atoms with E-state index >= 15 is 0 Å². The standard InChI is InChI=1S/C14H13N5O3/c1-9-7-11(21-18-9)8-15-13(20)17-14-16-12(19-22-14)10-5-3-2-4-6-10/h2-7H,8H2,1H3,(H2,15,16,17,19,20). The second-order valence-corrected chi connectivity index (χ2v) is 4.53. The van der Waals surface area contributed by atoms with Crippen molar-refractivity contribution in [1.29, 1.82) is 0 Å². The van der Waals surface area contributed by atoms with Crippen LogP contribution in [0.25, 0.3) is 11.4 Å². The van der Waals surface area contributed by atoms with Gasteiger partial charge in [-0.15, -0.1) is 0 Å². The van der Waals surface area contributed by atoms with Crippen LogP contribution in [0.4, 0.5) is 10.8 Å². The third-order valence-corrected chi connectivity index (χ3v) is 2.78. The lowest BCUT2D eigenvalue weighted by molar-refractivity contribution is 0.249. The summed E-state index contributed by atoms with van der Waals surface area (Å²) in [6.45, 7) is 2.02. The van der Waals surface area contributed by atoms with E-state index in [1.165, 1.54) is 0 Å². The number of carbonyl (C=O) groups is 1. The van der Waals surface area contributed by atoms with Crippen LogP contribution < -0.4 is 10.6 Å². The van der Waals surface area contributed by atoms with Crippen LogP contribution in [0.2, 0.25) is 0 Å². The van der Waals surface area contributed by atoms with Crippen LogP contribution in [0.3, 0.4) is 0 Å². The molecule has 0 radical (unpaired) electrons. The van der Waals surface area contributed by atoms with Crippen LogP contribution in [-0.2, 0) is 6.54 Å². The van der Waals surface area contributed by atoms with Crippen molar-refractivity contribution in [3.63, 3.8) is 0 Å². The Kier molecular flexibility index (Phi) is 3.82. The van der Waals surface area contributed by atoms with Crippen LogP contribution in [0.15, 0.2) is 45.4 Å². The average molecular weight is 299 g/mol. The topological polar surface area (TPSA) is 106 Å². The average Bonchev–Trinajstić information content (AvgIpc) is 3.15. The highest BCUT2D eigenvalue weighted by molar-refractivity contribution is 5.87. The predicted octanol–water partition coefficient (Wildman–Crippen LogP) is 2.35. The molecule has 2 N–H and O–H groups in total. The molecule has 0 aliphatic carbocycles. The van der Waals surface area contributed by atoms with E-state index in [0.717, 1.165) is 11.3 Å². The molecule has 0 aliphatic heterocycles.